The summed E-state index contributed by atoms with van der Waals surface area (Å²) in [6.45, 7) is 2.53. The molecule has 1 fully saturated rings. The Balaban J connectivity index is 1.29. The summed E-state index contributed by atoms with van der Waals surface area (Å²) in [4.78, 5) is 51.4. The quantitative estimate of drug-likeness (QED) is 0.557. The molecule has 7 nitrogen and oxygen atoms in total. The standard InChI is InChI=1S/C24H20ClN3O4S/c1-12-17-9-15(25)3-6-19(17)33-21(12)23(31)26-10-13-2-4-16-14(8-13)11-28(24(16)32)18-5-7-20(29)27-22(18)30/h2-4,6,8-9,18H,5,7,10-11H2,1H3,(H,26,31)(H,27,29,30). The van der Waals surface area contributed by atoms with Crippen molar-refractivity contribution in [2.75, 3.05) is 0 Å². The Bertz CT molecular complexity index is 1350. The van der Waals surface area contributed by atoms with Crippen LogP contribution in [0.15, 0.2) is 36.4 Å². The van der Waals surface area contributed by atoms with Crippen molar-refractivity contribution in [1.29, 1.82) is 0 Å². The monoisotopic (exact) mass is 481 g/mol. The van der Waals surface area contributed by atoms with Gasteiger partial charge in [0.15, 0.2) is 0 Å². The van der Waals surface area contributed by atoms with Gasteiger partial charge in [0, 0.05) is 34.8 Å². The first kappa shape index (κ1) is 21.6. The zero-order chi connectivity index (χ0) is 23.3. The first-order chi connectivity index (χ1) is 15.8. The maximum atomic E-state index is 12.8. The number of hydrogen-bond donors (Lipinski definition) is 2. The summed E-state index contributed by atoms with van der Waals surface area (Å²) in [6.07, 6.45) is 0.546. The molecule has 168 valence electrons. The number of nitrogens with zero attached hydrogens (tertiary/aromatic N) is 1. The SMILES string of the molecule is Cc1c(C(=O)NCc2ccc3c(c2)CN(C2CCC(=O)NC2=O)C3=O)sc2ccc(Cl)cc12. The molecule has 0 spiro atoms. The molecule has 2 aliphatic heterocycles. The molecule has 1 aromatic heterocycles. The van der Waals surface area contributed by atoms with E-state index in [0.29, 0.717) is 35.0 Å². The normalized spacial score (nSPS) is 17.9. The van der Waals surface area contributed by atoms with Gasteiger partial charge in [0.1, 0.15) is 6.04 Å². The van der Waals surface area contributed by atoms with Gasteiger partial charge < -0.3 is 10.2 Å². The maximum absolute atomic E-state index is 12.8. The highest BCUT2D eigenvalue weighted by Gasteiger charge is 2.39. The molecule has 0 bridgehead atoms. The number of piperidine rings is 1. The number of rotatable bonds is 4. The minimum absolute atomic E-state index is 0.161. The van der Waals surface area contributed by atoms with E-state index in [1.54, 1.807) is 6.07 Å². The Kier molecular flexibility index (Phi) is 5.42. The minimum atomic E-state index is -0.643. The molecule has 1 unspecified atom stereocenters. The van der Waals surface area contributed by atoms with Gasteiger partial charge in [-0.1, -0.05) is 23.7 Å². The molecule has 0 saturated carbocycles. The molecule has 9 heteroatoms. The Labute approximate surface area is 198 Å². The van der Waals surface area contributed by atoms with Crippen LogP contribution < -0.4 is 10.6 Å². The van der Waals surface area contributed by atoms with E-state index in [1.165, 1.54) is 16.2 Å². The molecular weight excluding hydrogens is 462 g/mol. The second-order valence-corrected chi connectivity index (χ2v) is 9.76. The van der Waals surface area contributed by atoms with Crippen molar-refractivity contribution in [2.45, 2.75) is 38.9 Å². The predicted molar refractivity (Wildman–Crippen MR) is 125 cm³/mol. The number of amides is 4. The van der Waals surface area contributed by atoms with Crippen LogP contribution in [0.2, 0.25) is 5.02 Å². The van der Waals surface area contributed by atoms with Crippen LogP contribution in [0.3, 0.4) is 0 Å². The van der Waals surface area contributed by atoms with Gasteiger partial charge in [0.25, 0.3) is 11.8 Å². The molecule has 2 N–H and O–H groups in total. The fourth-order valence-electron chi connectivity index (χ4n) is 4.41. The fourth-order valence-corrected chi connectivity index (χ4v) is 5.69. The fraction of sp³-hybridized carbons (Fsp3) is 0.250. The molecule has 1 atom stereocenters. The Morgan fingerprint density at radius 2 is 2.03 bits per heavy atom. The number of carbonyl (C=O) groups excluding carboxylic acids is 4. The summed E-state index contributed by atoms with van der Waals surface area (Å²) in [5.74, 6) is -1.11. The van der Waals surface area contributed by atoms with Gasteiger partial charge in [-0.25, -0.2) is 0 Å². The van der Waals surface area contributed by atoms with Crippen molar-refractivity contribution < 1.29 is 19.2 Å². The summed E-state index contributed by atoms with van der Waals surface area (Å²) in [5.41, 5.74) is 3.12. The molecule has 33 heavy (non-hydrogen) atoms. The van der Waals surface area contributed by atoms with Crippen LogP contribution in [0, 0.1) is 6.92 Å². The number of carbonyl (C=O) groups is 4. The second kappa shape index (κ2) is 8.28. The van der Waals surface area contributed by atoms with Crippen LogP contribution in [0.1, 0.15) is 49.6 Å². The zero-order valence-corrected chi connectivity index (χ0v) is 19.3. The summed E-state index contributed by atoms with van der Waals surface area (Å²) < 4.78 is 1.01. The van der Waals surface area contributed by atoms with E-state index in [2.05, 4.69) is 10.6 Å². The highest BCUT2D eigenvalue weighted by molar-refractivity contribution is 7.21. The molecule has 0 aliphatic carbocycles. The topological polar surface area (TPSA) is 95.6 Å². The lowest BCUT2D eigenvalue weighted by Gasteiger charge is -2.29. The number of halogens is 1. The van der Waals surface area contributed by atoms with Crippen LogP contribution in [-0.4, -0.2) is 34.6 Å². The average Bonchev–Trinajstić information content (AvgIpc) is 3.29. The number of imide groups is 1. The highest BCUT2D eigenvalue weighted by Crippen LogP contribution is 2.33. The van der Waals surface area contributed by atoms with Gasteiger partial charge in [-0.3, -0.25) is 24.5 Å². The highest BCUT2D eigenvalue weighted by atomic mass is 35.5. The molecule has 3 aromatic rings. The summed E-state index contributed by atoms with van der Waals surface area (Å²) >= 11 is 7.52. The third-order valence-electron chi connectivity index (χ3n) is 6.15. The van der Waals surface area contributed by atoms with E-state index in [-0.39, 0.29) is 24.1 Å². The Morgan fingerprint density at radius 3 is 2.82 bits per heavy atom. The molecule has 2 aromatic carbocycles. The number of fused-ring (bicyclic) bond motifs is 2. The lowest BCUT2D eigenvalue weighted by Crippen LogP contribution is -2.52. The van der Waals surface area contributed by atoms with Gasteiger partial charge in [-0.05, 0) is 59.7 Å². The number of thiophene rings is 1. The first-order valence-corrected chi connectivity index (χ1v) is 11.7. The molecular formula is C24H20ClN3O4S. The lowest BCUT2D eigenvalue weighted by atomic mass is 10.0. The van der Waals surface area contributed by atoms with Crippen molar-refractivity contribution >= 4 is 56.7 Å². The van der Waals surface area contributed by atoms with Crippen LogP contribution in [0.5, 0.6) is 0 Å². The van der Waals surface area contributed by atoms with E-state index >= 15 is 0 Å². The second-order valence-electron chi connectivity index (χ2n) is 8.27. The zero-order valence-electron chi connectivity index (χ0n) is 17.7. The maximum Gasteiger partial charge on any atom is 0.261 e. The van der Waals surface area contributed by atoms with Gasteiger partial charge in [0.05, 0.1) is 4.88 Å². The predicted octanol–water partition coefficient (Wildman–Crippen LogP) is 3.55. The lowest BCUT2D eigenvalue weighted by molar-refractivity contribution is -0.136. The smallest absolute Gasteiger partial charge is 0.261 e. The van der Waals surface area contributed by atoms with Crippen molar-refractivity contribution in [3.05, 3.63) is 68.6 Å². The molecule has 5 rings (SSSR count). The molecule has 4 amide bonds. The van der Waals surface area contributed by atoms with Crippen LogP contribution in [0.4, 0.5) is 0 Å². The van der Waals surface area contributed by atoms with E-state index in [4.69, 9.17) is 11.6 Å². The van der Waals surface area contributed by atoms with Gasteiger partial charge in [-0.15, -0.1) is 11.3 Å². The van der Waals surface area contributed by atoms with Crippen LogP contribution in [-0.2, 0) is 22.7 Å². The minimum Gasteiger partial charge on any atom is -0.347 e. The van der Waals surface area contributed by atoms with Crippen LogP contribution in [0.25, 0.3) is 10.1 Å². The molecule has 3 heterocycles. The van der Waals surface area contributed by atoms with Crippen molar-refractivity contribution in [1.82, 2.24) is 15.5 Å². The summed E-state index contributed by atoms with van der Waals surface area (Å²) in [5, 5.41) is 6.87. The molecule has 1 saturated heterocycles. The van der Waals surface area contributed by atoms with E-state index in [0.717, 1.165) is 26.8 Å². The third-order valence-corrected chi connectivity index (χ3v) is 7.65. The van der Waals surface area contributed by atoms with Crippen molar-refractivity contribution in [2.24, 2.45) is 0 Å². The number of benzene rings is 2. The first-order valence-electron chi connectivity index (χ1n) is 10.5. The van der Waals surface area contributed by atoms with E-state index in [1.807, 2.05) is 37.3 Å². The van der Waals surface area contributed by atoms with Crippen molar-refractivity contribution in [3.63, 3.8) is 0 Å². The van der Waals surface area contributed by atoms with Gasteiger partial charge >= 0.3 is 0 Å². The Hall–Kier alpha value is -3.23. The summed E-state index contributed by atoms with van der Waals surface area (Å²) in [7, 11) is 0. The summed E-state index contributed by atoms with van der Waals surface area (Å²) in [6, 6.07) is 10.4. The third kappa shape index (κ3) is 3.89. The van der Waals surface area contributed by atoms with Crippen LogP contribution >= 0.6 is 22.9 Å². The van der Waals surface area contributed by atoms with Gasteiger partial charge in [0.2, 0.25) is 11.8 Å². The Morgan fingerprint density at radius 1 is 1.21 bits per heavy atom. The number of hydrogen-bond acceptors (Lipinski definition) is 5. The largest absolute Gasteiger partial charge is 0.347 e. The number of nitrogens with one attached hydrogen (secondary N) is 2. The average molecular weight is 482 g/mol. The number of aryl methyl sites for hydroxylation is 1. The van der Waals surface area contributed by atoms with E-state index in [9.17, 15) is 19.2 Å². The molecule has 2 aliphatic rings. The van der Waals surface area contributed by atoms with Gasteiger partial charge in [-0.2, -0.15) is 0 Å². The van der Waals surface area contributed by atoms with Crippen molar-refractivity contribution in [3.8, 4) is 0 Å². The van der Waals surface area contributed by atoms with E-state index < -0.39 is 11.9 Å². The molecule has 0 radical (unpaired) electrons.